The fourth-order valence-corrected chi connectivity index (χ4v) is 3.10. The SMILES string of the molecule is CC(=O)Nc1ccc(C(=O)NCC(=O)OCc2ccc(Oc3c(Cl)cccc3[N+](=O)[O-])cc2)cc1. The number of ether oxygens (including phenoxy) is 2. The molecule has 0 spiro atoms. The van der Waals surface area contributed by atoms with Crippen molar-refractivity contribution in [1.82, 2.24) is 5.32 Å². The topological polar surface area (TPSA) is 137 Å². The van der Waals surface area contributed by atoms with Crippen LogP contribution in [-0.2, 0) is 20.9 Å². The quantitative estimate of drug-likeness (QED) is 0.253. The molecule has 2 N–H and O–H groups in total. The monoisotopic (exact) mass is 497 g/mol. The van der Waals surface area contributed by atoms with Crippen LogP contribution in [0.4, 0.5) is 11.4 Å². The zero-order chi connectivity index (χ0) is 25.4. The predicted molar refractivity (Wildman–Crippen MR) is 127 cm³/mol. The summed E-state index contributed by atoms with van der Waals surface area (Å²) in [6.07, 6.45) is 0. The van der Waals surface area contributed by atoms with Gasteiger partial charge in [0.05, 0.1) is 9.95 Å². The van der Waals surface area contributed by atoms with Crippen molar-refractivity contribution in [3.63, 3.8) is 0 Å². The van der Waals surface area contributed by atoms with Crippen molar-refractivity contribution < 1.29 is 28.8 Å². The lowest BCUT2D eigenvalue weighted by molar-refractivity contribution is -0.385. The van der Waals surface area contributed by atoms with E-state index in [-0.39, 0.29) is 35.5 Å². The molecule has 3 rings (SSSR count). The summed E-state index contributed by atoms with van der Waals surface area (Å²) < 4.78 is 10.7. The van der Waals surface area contributed by atoms with Crippen molar-refractivity contribution >= 4 is 40.8 Å². The number of rotatable bonds is 9. The van der Waals surface area contributed by atoms with Gasteiger partial charge in [0.15, 0.2) is 0 Å². The van der Waals surface area contributed by atoms with Gasteiger partial charge in [-0.05, 0) is 48.0 Å². The minimum atomic E-state index is -0.639. The smallest absolute Gasteiger partial charge is 0.325 e. The molecule has 35 heavy (non-hydrogen) atoms. The summed E-state index contributed by atoms with van der Waals surface area (Å²) in [4.78, 5) is 45.8. The number of nitrogens with zero attached hydrogens (tertiary/aromatic N) is 1. The van der Waals surface area contributed by atoms with Gasteiger partial charge in [0.2, 0.25) is 11.7 Å². The van der Waals surface area contributed by atoms with E-state index in [9.17, 15) is 24.5 Å². The second-order valence-corrected chi connectivity index (χ2v) is 7.60. The first-order valence-corrected chi connectivity index (χ1v) is 10.6. The molecule has 0 aliphatic rings. The van der Waals surface area contributed by atoms with E-state index in [4.69, 9.17) is 21.1 Å². The number of hydrogen-bond acceptors (Lipinski definition) is 7. The third-order valence-corrected chi connectivity index (χ3v) is 4.84. The molecule has 0 unspecified atom stereocenters. The van der Waals surface area contributed by atoms with Crippen LogP contribution >= 0.6 is 11.6 Å². The van der Waals surface area contributed by atoms with Crippen LogP contribution < -0.4 is 15.4 Å². The molecule has 2 amide bonds. The highest BCUT2D eigenvalue weighted by Gasteiger charge is 2.19. The van der Waals surface area contributed by atoms with Crippen LogP contribution in [0.25, 0.3) is 0 Å². The van der Waals surface area contributed by atoms with Gasteiger partial charge in [-0.2, -0.15) is 0 Å². The first kappa shape index (κ1) is 25.2. The zero-order valence-electron chi connectivity index (χ0n) is 18.4. The molecule has 0 saturated carbocycles. The summed E-state index contributed by atoms with van der Waals surface area (Å²) in [5.74, 6) is -1.09. The summed E-state index contributed by atoms with van der Waals surface area (Å²) in [6.45, 7) is 0.999. The van der Waals surface area contributed by atoms with Crippen LogP contribution in [0.5, 0.6) is 11.5 Å². The lowest BCUT2D eigenvalue weighted by Crippen LogP contribution is -2.30. The highest BCUT2D eigenvalue weighted by molar-refractivity contribution is 6.32. The van der Waals surface area contributed by atoms with E-state index in [1.54, 1.807) is 36.4 Å². The molecule has 11 heteroatoms. The first-order valence-electron chi connectivity index (χ1n) is 10.2. The Morgan fingerprint density at radius 1 is 1.00 bits per heavy atom. The molecule has 0 radical (unpaired) electrons. The van der Waals surface area contributed by atoms with E-state index in [2.05, 4.69) is 10.6 Å². The van der Waals surface area contributed by atoms with Gasteiger partial charge in [-0.15, -0.1) is 0 Å². The van der Waals surface area contributed by atoms with Gasteiger partial charge in [-0.3, -0.25) is 24.5 Å². The van der Waals surface area contributed by atoms with Gasteiger partial charge in [0.1, 0.15) is 18.9 Å². The lowest BCUT2D eigenvalue weighted by atomic mass is 10.2. The Labute approximate surface area is 205 Å². The van der Waals surface area contributed by atoms with Crippen molar-refractivity contribution in [2.24, 2.45) is 0 Å². The summed E-state index contributed by atoms with van der Waals surface area (Å²) in [6, 6.07) is 16.8. The van der Waals surface area contributed by atoms with Crippen LogP contribution in [-0.4, -0.2) is 29.3 Å². The van der Waals surface area contributed by atoms with Gasteiger partial charge in [0.25, 0.3) is 5.91 Å². The molecule has 3 aromatic carbocycles. The number of benzene rings is 3. The molecule has 180 valence electrons. The van der Waals surface area contributed by atoms with Crippen molar-refractivity contribution in [2.45, 2.75) is 13.5 Å². The van der Waals surface area contributed by atoms with Gasteiger partial charge >= 0.3 is 11.7 Å². The minimum Gasteiger partial charge on any atom is -0.460 e. The fourth-order valence-electron chi connectivity index (χ4n) is 2.89. The number of amides is 2. The Morgan fingerprint density at radius 3 is 2.31 bits per heavy atom. The number of nitro groups is 1. The predicted octanol–water partition coefficient (Wildman–Crippen LogP) is 4.47. The van der Waals surface area contributed by atoms with Crippen molar-refractivity contribution in [2.75, 3.05) is 11.9 Å². The molecule has 0 aromatic heterocycles. The molecule has 3 aromatic rings. The summed E-state index contributed by atoms with van der Waals surface area (Å²) in [5, 5.41) is 16.3. The fraction of sp³-hybridized carbons (Fsp3) is 0.125. The van der Waals surface area contributed by atoms with Gasteiger partial charge in [-0.25, -0.2) is 0 Å². The molecule has 0 aliphatic heterocycles. The minimum absolute atomic E-state index is 0.0490. The van der Waals surface area contributed by atoms with E-state index in [1.165, 1.54) is 37.3 Å². The van der Waals surface area contributed by atoms with Crippen LogP contribution in [0.1, 0.15) is 22.8 Å². The first-order chi connectivity index (χ1) is 16.7. The largest absolute Gasteiger partial charge is 0.460 e. The Morgan fingerprint density at radius 2 is 1.69 bits per heavy atom. The third-order valence-electron chi connectivity index (χ3n) is 4.55. The average Bonchev–Trinajstić information content (AvgIpc) is 2.83. The Hall–Kier alpha value is -4.44. The number of para-hydroxylation sites is 1. The Kier molecular flexibility index (Phi) is 8.36. The maximum Gasteiger partial charge on any atom is 0.325 e. The number of carbonyl (C=O) groups is 3. The van der Waals surface area contributed by atoms with Crippen LogP contribution in [0.2, 0.25) is 5.02 Å². The van der Waals surface area contributed by atoms with E-state index in [0.717, 1.165) is 0 Å². The van der Waals surface area contributed by atoms with Gasteiger partial charge in [-0.1, -0.05) is 29.8 Å². The van der Waals surface area contributed by atoms with Crippen molar-refractivity contribution in [1.29, 1.82) is 0 Å². The van der Waals surface area contributed by atoms with Crippen molar-refractivity contribution in [3.05, 3.63) is 93.0 Å². The van der Waals surface area contributed by atoms with E-state index in [1.807, 2.05) is 0 Å². The maximum atomic E-state index is 12.2. The van der Waals surface area contributed by atoms with Gasteiger partial charge < -0.3 is 20.1 Å². The summed E-state index contributed by atoms with van der Waals surface area (Å²) >= 11 is 6.02. The molecule has 0 atom stereocenters. The normalized spacial score (nSPS) is 10.2. The van der Waals surface area contributed by atoms with Crippen LogP contribution in [0, 0.1) is 10.1 Å². The molecule has 0 saturated heterocycles. The molecule has 0 heterocycles. The maximum absolute atomic E-state index is 12.2. The number of nitrogens with one attached hydrogen (secondary N) is 2. The Balaban J connectivity index is 1.48. The van der Waals surface area contributed by atoms with Gasteiger partial charge in [0, 0.05) is 24.2 Å². The summed E-state index contributed by atoms with van der Waals surface area (Å²) in [7, 11) is 0. The highest BCUT2D eigenvalue weighted by atomic mass is 35.5. The molecular formula is C24H20ClN3O7. The standard InChI is InChI=1S/C24H20ClN3O7/c1-15(29)27-18-9-7-17(8-10-18)24(31)26-13-22(30)34-14-16-5-11-19(12-6-16)35-23-20(25)3-2-4-21(23)28(32)33/h2-12H,13-14H2,1H3,(H,26,31)(H,27,29). The van der Waals surface area contributed by atoms with Crippen LogP contribution in [0.3, 0.4) is 0 Å². The van der Waals surface area contributed by atoms with E-state index >= 15 is 0 Å². The molecule has 0 fully saturated rings. The zero-order valence-corrected chi connectivity index (χ0v) is 19.2. The highest BCUT2D eigenvalue weighted by Crippen LogP contribution is 2.37. The summed E-state index contributed by atoms with van der Waals surface area (Å²) in [5.41, 5.74) is 1.25. The number of halogens is 1. The lowest BCUT2D eigenvalue weighted by Gasteiger charge is -2.10. The van der Waals surface area contributed by atoms with E-state index < -0.39 is 16.8 Å². The van der Waals surface area contributed by atoms with Crippen molar-refractivity contribution in [3.8, 4) is 11.5 Å². The second-order valence-electron chi connectivity index (χ2n) is 7.19. The number of anilines is 1. The number of carbonyl (C=O) groups excluding carboxylic acids is 3. The number of hydrogen-bond donors (Lipinski definition) is 2. The Bertz CT molecular complexity index is 1240. The number of nitro benzene ring substituents is 1. The van der Waals surface area contributed by atoms with E-state index in [0.29, 0.717) is 22.6 Å². The average molecular weight is 498 g/mol. The number of esters is 1. The third kappa shape index (κ3) is 7.27. The molecule has 10 nitrogen and oxygen atoms in total. The molecular weight excluding hydrogens is 478 g/mol. The van der Waals surface area contributed by atoms with Crippen LogP contribution in [0.15, 0.2) is 66.7 Å². The molecule has 0 aliphatic carbocycles. The molecule has 0 bridgehead atoms. The second kappa shape index (κ2) is 11.6.